The van der Waals surface area contributed by atoms with Crippen molar-refractivity contribution >= 4 is 40.6 Å². The molecule has 2 aromatic carbocycles. The van der Waals surface area contributed by atoms with Crippen molar-refractivity contribution in [3.8, 4) is 11.5 Å². The number of nitrogens with one attached hydrogen (secondary N) is 2. The van der Waals surface area contributed by atoms with Crippen molar-refractivity contribution in [3.05, 3.63) is 47.5 Å². The van der Waals surface area contributed by atoms with Gasteiger partial charge < -0.3 is 29.6 Å². The number of anilines is 2. The van der Waals surface area contributed by atoms with Gasteiger partial charge in [-0.3, -0.25) is 0 Å². The van der Waals surface area contributed by atoms with Gasteiger partial charge in [-0.1, -0.05) is 0 Å². The van der Waals surface area contributed by atoms with Crippen molar-refractivity contribution < 1.29 is 28.5 Å². The SMILES string of the molecule is COC(=O)c1cc(NC(=S)Nc2ccc(OC)c(OC)c2)cc(C(=O)OC)c1. The van der Waals surface area contributed by atoms with E-state index in [4.69, 9.17) is 31.2 Å². The average molecular weight is 404 g/mol. The van der Waals surface area contributed by atoms with Crippen LogP contribution in [0.5, 0.6) is 11.5 Å². The second-order valence-corrected chi connectivity index (χ2v) is 5.84. The normalized spacial score (nSPS) is 9.86. The Balaban J connectivity index is 2.23. The Hall–Kier alpha value is -3.33. The minimum absolute atomic E-state index is 0.182. The first-order chi connectivity index (χ1) is 13.4. The molecule has 2 rings (SSSR count). The lowest BCUT2D eigenvalue weighted by atomic mass is 10.1. The molecule has 0 heterocycles. The summed E-state index contributed by atoms with van der Waals surface area (Å²) in [6.07, 6.45) is 0. The summed E-state index contributed by atoms with van der Waals surface area (Å²) in [5.74, 6) is -0.0588. The molecule has 0 saturated heterocycles. The molecule has 2 N–H and O–H groups in total. The van der Waals surface area contributed by atoms with Gasteiger partial charge in [0.25, 0.3) is 0 Å². The maximum Gasteiger partial charge on any atom is 0.337 e. The molecule has 28 heavy (non-hydrogen) atoms. The highest BCUT2D eigenvalue weighted by Gasteiger charge is 2.14. The Morgan fingerprint density at radius 1 is 0.750 bits per heavy atom. The number of esters is 2. The molecule has 0 aliphatic heterocycles. The number of methoxy groups -OCH3 is 4. The molecule has 0 atom stereocenters. The second-order valence-electron chi connectivity index (χ2n) is 5.43. The van der Waals surface area contributed by atoms with E-state index in [-0.39, 0.29) is 16.2 Å². The highest BCUT2D eigenvalue weighted by molar-refractivity contribution is 7.80. The number of rotatable bonds is 6. The summed E-state index contributed by atoms with van der Waals surface area (Å²) in [5, 5.41) is 6.16. The number of carbonyl (C=O) groups excluding carboxylic acids is 2. The van der Waals surface area contributed by atoms with Gasteiger partial charge in [0, 0.05) is 17.4 Å². The van der Waals surface area contributed by atoms with Crippen molar-refractivity contribution in [2.75, 3.05) is 39.1 Å². The molecule has 148 valence electrons. The first kappa shape index (κ1) is 21.0. The van der Waals surface area contributed by atoms with Gasteiger partial charge in [0.2, 0.25) is 0 Å². The van der Waals surface area contributed by atoms with E-state index in [9.17, 15) is 9.59 Å². The van der Waals surface area contributed by atoms with Crippen LogP contribution in [0, 0.1) is 0 Å². The number of hydrogen-bond donors (Lipinski definition) is 2. The quantitative estimate of drug-likeness (QED) is 0.556. The van der Waals surface area contributed by atoms with Crippen molar-refractivity contribution in [1.29, 1.82) is 0 Å². The van der Waals surface area contributed by atoms with E-state index in [0.717, 1.165) is 0 Å². The van der Waals surface area contributed by atoms with E-state index in [0.29, 0.717) is 22.9 Å². The van der Waals surface area contributed by atoms with Gasteiger partial charge in [0.1, 0.15) is 0 Å². The summed E-state index contributed by atoms with van der Waals surface area (Å²) in [6, 6.07) is 9.63. The molecule has 0 amide bonds. The zero-order valence-corrected chi connectivity index (χ0v) is 16.6. The van der Waals surface area contributed by atoms with Gasteiger partial charge >= 0.3 is 11.9 Å². The Morgan fingerprint density at radius 2 is 1.29 bits per heavy atom. The van der Waals surface area contributed by atoms with Crippen LogP contribution in [-0.2, 0) is 9.47 Å². The highest BCUT2D eigenvalue weighted by atomic mass is 32.1. The van der Waals surface area contributed by atoms with Gasteiger partial charge in [0.05, 0.1) is 39.6 Å². The first-order valence-electron chi connectivity index (χ1n) is 8.03. The van der Waals surface area contributed by atoms with Crippen LogP contribution in [0.15, 0.2) is 36.4 Å². The van der Waals surface area contributed by atoms with Crippen molar-refractivity contribution in [3.63, 3.8) is 0 Å². The summed E-state index contributed by atoms with van der Waals surface area (Å²) in [7, 11) is 5.59. The Labute approximate surface area is 167 Å². The largest absolute Gasteiger partial charge is 0.493 e. The van der Waals surface area contributed by atoms with Crippen LogP contribution < -0.4 is 20.1 Å². The number of ether oxygens (including phenoxy) is 4. The molecular weight excluding hydrogens is 384 g/mol. The van der Waals surface area contributed by atoms with Gasteiger partial charge in [-0.15, -0.1) is 0 Å². The third-order valence-electron chi connectivity index (χ3n) is 3.67. The molecule has 0 spiro atoms. The zero-order valence-electron chi connectivity index (χ0n) is 15.8. The molecule has 0 fully saturated rings. The molecule has 8 nitrogen and oxygen atoms in total. The molecule has 0 unspecified atom stereocenters. The summed E-state index contributed by atoms with van der Waals surface area (Å²) < 4.78 is 19.9. The topological polar surface area (TPSA) is 95.1 Å². The minimum Gasteiger partial charge on any atom is -0.493 e. The van der Waals surface area contributed by atoms with E-state index in [1.807, 2.05) is 0 Å². The van der Waals surface area contributed by atoms with Crippen LogP contribution >= 0.6 is 12.2 Å². The highest BCUT2D eigenvalue weighted by Crippen LogP contribution is 2.29. The molecular formula is C19H20N2O6S. The maximum absolute atomic E-state index is 11.9. The Bertz CT molecular complexity index is 866. The maximum atomic E-state index is 11.9. The van der Waals surface area contributed by atoms with E-state index < -0.39 is 11.9 Å². The van der Waals surface area contributed by atoms with Crippen molar-refractivity contribution in [1.82, 2.24) is 0 Å². The van der Waals surface area contributed by atoms with Gasteiger partial charge in [-0.2, -0.15) is 0 Å². The van der Waals surface area contributed by atoms with Gasteiger partial charge in [0.15, 0.2) is 16.6 Å². The predicted molar refractivity (Wildman–Crippen MR) is 109 cm³/mol. The predicted octanol–water partition coefficient (Wildman–Crippen LogP) is 3.09. The zero-order chi connectivity index (χ0) is 20.7. The van der Waals surface area contributed by atoms with Gasteiger partial charge in [-0.05, 0) is 42.5 Å². The van der Waals surface area contributed by atoms with E-state index in [2.05, 4.69) is 10.6 Å². The third-order valence-corrected chi connectivity index (χ3v) is 3.88. The van der Waals surface area contributed by atoms with E-state index in [1.54, 1.807) is 25.3 Å². The molecule has 0 aromatic heterocycles. The Kier molecular flexibility index (Phi) is 7.16. The monoisotopic (exact) mass is 404 g/mol. The van der Waals surface area contributed by atoms with Crippen molar-refractivity contribution in [2.45, 2.75) is 0 Å². The standard InChI is InChI=1S/C19H20N2O6S/c1-24-15-6-5-13(10-16(15)25-2)20-19(28)21-14-8-11(17(22)26-3)7-12(9-14)18(23)27-4/h5-10H,1-4H3,(H2,20,21,28). The third kappa shape index (κ3) is 5.10. The van der Waals surface area contributed by atoms with Crippen LogP contribution in [0.25, 0.3) is 0 Å². The van der Waals surface area contributed by atoms with Crippen LogP contribution in [0.1, 0.15) is 20.7 Å². The number of thiocarbonyl (C=S) groups is 1. The summed E-state index contributed by atoms with van der Waals surface area (Å²) in [4.78, 5) is 23.7. The first-order valence-corrected chi connectivity index (χ1v) is 8.44. The van der Waals surface area contributed by atoms with E-state index >= 15 is 0 Å². The molecule has 0 aliphatic rings. The molecule has 2 aromatic rings. The molecule has 0 radical (unpaired) electrons. The lowest BCUT2D eigenvalue weighted by molar-refractivity contribution is 0.0599. The fraction of sp³-hybridized carbons (Fsp3) is 0.211. The number of benzene rings is 2. The minimum atomic E-state index is -0.590. The summed E-state index contributed by atoms with van der Waals surface area (Å²) in [5.41, 5.74) is 1.44. The van der Waals surface area contributed by atoms with Gasteiger partial charge in [-0.25, -0.2) is 9.59 Å². The van der Waals surface area contributed by atoms with Crippen LogP contribution in [0.3, 0.4) is 0 Å². The fourth-order valence-corrected chi connectivity index (χ4v) is 2.61. The Morgan fingerprint density at radius 3 is 1.79 bits per heavy atom. The second kappa shape index (κ2) is 9.56. The molecule has 0 aliphatic carbocycles. The smallest absolute Gasteiger partial charge is 0.337 e. The summed E-state index contributed by atoms with van der Waals surface area (Å²) >= 11 is 5.31. The number of hydrogen-bond acceptors (Lipinski definition) is 7. The lowest BCUT2D eigenvalue weighted by Crippen LogP contribution is -2.20. The average Bonchev–Trinajstić information content (AvgIpc) is 2.71. The molecule has 9 heteroatoms. The van der Waals surface area contributed by atoms with Crippen molar-refractivity contribution in [2.24, 2.45) is 0 Å². The van der Waals surface area contributed by atoms with E-state index in [1.165, 1.54) is 39.5 Å². The van der Waals surface area contributed by atoms with Crippen LogP contribution in [-0.4, -0.2) is 45.5 Å². The fourth-order valence-electron chi connectivity index (χ4n) is 2.38. The summed E-state index contributed by atoms with van der Waals surface area (Å²) in [6.45, 7) is 0. The lowest BCUT2D eigenvalue weighted by Gasteiger charge is -2.14. The molecule has 0 bridgehead atoms. The number of carbonyl (C=O) groups is 2. The van der Waals surface area contributed by atoms with Crippen LogP contribution in [0.4, 0.5) is 11.4 Å². The van der Waals surface area contributed by atoms with Crippen LogP contribution in [0.2, 0.25) is 0 Å². The molecule has 0 saturated carbocycles.